The monoisotopic (exact) mass is 432 g/mol. The van der Waals surface area contributed by atoms with E-state index in [1.54, 1.807) is 0 Å². The summed E-state index contributed by atoms with van der Waals surface area (Å²) in [6.45, 7) is 8.28. The molecule has 0 aliphatic carbocycles. The van der Waals surface area contributed by atoms with E-state index in [4.69, 9.17) is 4.74 Å². The van der Waals surface area contributed by atoms with Gasteiger partial charge in [0.25, 0.3) is 0 Å². The molecule has 2 saturated heterocycles. The third kappa shape index (κ3) is 4.40. The second-order valence-electron chi connectivity index (χ2n) is 7.82. The van der Waals surface area contributed by atoms with Gasteiger partial charge in [-0.05, 0) is 31.0 Å². The van der Waals surface area contributed by atoms with E-state index in [2.05, 4.69) is 60.4 Å². The van der Waals surface area contributed by atoms with Gasteiger partial charge in [-0.25, -0.2) is 0 Å². The standard InChI is InChI=1S/C24H30N2O2.ClH.H2O/c1-2-26-19-22(13-14-25-15-17-28-18-16-25)24(23(26)27,20-9-5-3-6-10-20)21-11-7-4-8-12-21;;/h3-12,22H,2,13-19H2,1H3;1H;1H2/t22-;;/m0../s1. The second-order valence-corrected chi connectivity index (χ2v) is 7.82. The first-order chi connectivity index (χ1) is 13.8. The lowest BCUT2D eigenvalue weighted by atomic mass is 9.66. The Kier molecular flexibility index (Phi) is 8.86. The van der Waals surface area contributed by atoms with Gasteiger partial charge in [-0.2, -0.15) is 0 Å². The number of likely N-dealkylation sites (N-methyl/N-ethyl adjacent to an activating group) is 1. The van der Waals surface area contributed by atoms with Gasteiger partial charge in [0.1, 0.15) is 5.41 Å². The molecule has 2 aromatic rings. The van der Waals surface area contributed by atoms with Crippen LogP contribution < -0.4 is 0 Å². The van der Waals surface area contributed by atoms with E-state index in [1.807, 2.05) is 17.0 Å². The van der Waals surface area contributed by atoms with Crippen LogP contribution in [0.15, 0.2) is 60.7 Å². The number of rotatable bonds is 6. The Morgan fingerprint density at radius 3 is 2.00 bits per heavy atom. The molecule has 6 heteroatoms. The van der Waals surface area contributed by atoms with Crippen LogP contribution in [0.4, 0.5) is 0 Å². The largest absolute Gasteiger partial charge is 0.412 e. The molecule has 0 saturated carbocycles. The molecule has 1 atom stereocenters. The summed E-state index contributed by atoms with van der Waals surface area (Å²) in [7, 11) is 0. The van der Waals surface area contributed by atoms with Crippen molar-refractivity contribution in [3.8, 4) is 0 Å². The molecule has 0 spiro atoms. The van der Waals surface area contributed by atoms with Gasteiger partial charge in [0.05, 0.1) is 13.2 Å². The average molecular weight is 433 g/mol. The molecule has 1 amide bonds. The fraction of sp³-hybridized carbons (Fsp3) is 0.458. The molecule has 5 nitrogen and oxygen atoms in total. The quantitative estimate of drug-likeness (QED) is 0.705. The van der Waals surface area contributed by atoms with Crippen molar-refractivity contribution >= 4 is 18.3 Å². The molecule has 2 heterocycles. The van der Waals surface area contributed by atoms with Gasteiger partial charge in [0, 0.05) is 32.1 Å². The van der Waals surface area contributed by atoms with Crippen LogP contribution in [-0.4, -0.2) is 67.1 Å². The van der Waals surface area contributed by atoms with Crippen molar-refractivity contribution in [2.45, 2.75) is 18.8 Å². The first kappa shape index (κ1) is 24.4. The van der Waals surface area contributed by atoms with Crippen LogP contribution in [0, 0.1) is 5.92 Å². The highest BCUT2D eigenvalue weighted by Gasteiger charge is 2.55. The Hall–Kier alpha value is -1.92. The van der Waals surface area contributed by atoms with Crippen molar-refractivity contribution in [2.75, 3.05) is 45.9 Å². The SMILES string of the molecule is CCN1C[C@H](CCN2CCOCC2)C(c2ccccc2)(c2ccccc2)C1=O.Cl.O. The fourth-order valence-corrected chi connectivity index (χ4v) is 4.94. The lowest BCUT2D eigenvalue weighted by molar-refractivity contribution is -0.131. The number of carbonyl (C=O) groups excluding carboxylic acids is 1. The number of hydrogen-bond acceptors (Lipinski definition) is 3. The number of morpholine rings is 1. The van der Waals surface area contributed by atoms with E-state index < -0.39 is 5.41 Å². The van der Waals surface area contributed by atoms with Gasteiger partial charge in [-0.3, -0.25) is 9.69 Å². The molecule has 2 N–H and O–H groups in total. The maximum absolute atomic E-state index is 13.8. The summed E-state index contributed by atoms with van der Waals surface area (Å²) < 4.78 is 5.50. The van der Waals surface area contributed by atoms with E-state index >= 15 is 0 Å². The van der Waals surface area contributed by atoms with Crippen molar-refractivity contribution in [2.24, 2.45) is 5.92 Å². The highest BCUT2D eigenvalue weighted by atomic mass is 35.5. The normalized spacial score (nSPS) is 21.0. The Bertz CT molecular complexity index is 742. The Morgan fingerprint density at radius 2 is 1.50 bits per heavy atom. The summed E-state index contributed by atoms with van der Waals surface area (Å²) in [6, 6.07) is 20.8. The minimum atomic E-state index is -0.592. The van der Waals surface area contributed by atoms with Crippen molar-refractivity contribution < 1.29 is 15.0 Å². The molecule has 0 unspecified atom stereocenters. The Labute approximate surface area is 185 Å². The molecule has 2 aromatic carbocycles. The van der Waals surface area contributed by atoms with Crippen LogP contribution in [0.2, 0.25) is 0 Å². The molecule has 30 heavy (non-hydrogen) atoms. The highest BCUT2D eigenvalue weighted by Crippen LogP contribution is 2.47. The predicted octanol–water partition coefficient (Wildman–Crippen LogP) is 2.77. The Morgan fingerprint density at radius 1 is 0.967 bits per heavy atom. The molecular weight excluding hydrogens is 400 g/mol. The highest BCUT2D eigenvalue weighted by molar-refractivity contribution is 5.94. The van der Waals surface area contributed by atoms with Crippen LogP contribution in [-0.2, 0) is 14.9 Å². The molecule has 0 aromatic heterocycles. The number of hydrogen-bond donors (Lipinski definition) is 0. The van der Waals surface area contributed by atoms with Gasteiger partial charge >= 0.3 is 0 Å². The third-order valence-electron chi connectivity index (χ3n) is 6.42. The number of ether oxygens (including phenoxy) is 1. The fourth-order valence-electron chi connectivity index (χ4n) is 4.94. The molecule has 4 rings (SSSR count). The van der Waals surface area contributed by atoms with E-state index in [9.17, 15) is 4.79 Å². The average Bonchev–Trinajstić information content (AvgIpc) is 3.06. The first-order valence-corrected chi connectivity index (χ1v) is 10.5. The minimum absolute atomic E-state index is 0. The molecule has 0 bridgehead atoms. The maximum atomic E-state index is 13.8. The van der Waals surface area contributed by atoms with Gasteiger partial charge in [-0.1, -0.05) is 60.7 Å². The summed E-state index contributed by atoms with van der Waals surface area (Å²) >= 11 is 0. The van der Waals surface area contributed by atoms with Crippen molar-refractivity contribution in [1.29, 1.82) is 0 Å². The summed E-state index contributed by atoms with van der Waals surface area (Å²) in [6.07, 6.45) is 1.01. The number of halogens is 1. The van der Waals surface area contributed by atoms with Crippen molar-refractivity contribution in [1.82, 2.24) is 9.80 Å². The molecule has 2 fully saturated rings. The van der Waals surface area contributed by atoms with E-state index in [0.29, 0.717) is 0 Å². The van der Waals surface area contributed by atoms with E-state index in [1.165, 1.54) is 0 Å². The summed E-state index contributed by atoms with van der Waals surface area (Å²) in [5.41, 5.74) is 1.65. The lowest BCUT2D eigenvalue weighted by Crippen LogP contribution is -2.43. The molecule has 2 aliphatic heterocycles. The maximum Gasteiger partial charge on any atom is 0.238 e. The van der Waals surface area contributed by atoms with E-state index in [0.717, 1.165) is 63.5 Å². The zero-order valence-electron chi connectivity index (χ0n) is 17.6. The number of benzene rings is 2. The van der Waals surface area contributed by atoms with Crippen LogP contribution in [0.1, 0.15) is 24.5 Å². The third-order valence-corrected chi connectivity index (χ3v) is 6.42. The minimum Gasteiger partial charge on any atom is -0.412 e. The smallest absolute Gasteiger partial charge is 0.238 e. The van der Waals surface area contributed by atoms with Gasteiger partial charge < -0.3 is 15.1 Å². The number of carbonyl (C=O) groups is 1. The van der Waals surface area contributed by atoms with Crippen LogP contribution >= 0.6 is 12.4 Å². The van der Waals surface area contributed by atoms with Crippen molar-refractivity contribution in [3.63, 3.8) is 0 Å². The van der Waals surface area contributed by atoms with Crippen LogP contribution in [0.5, 0.6) is 0 Å². The van der Waals surface area contributed by atoms with Gasteiger partial charge in [0.15, 0.2) is 0 Å². The zero-order chi connectivity index (χ0) is 19.4. The number of likely N-dealkylation sites (tertiary alicyclic amines) is 1. The molecule has 0 radical (unpaired) electrons. The molecular formula is C24H33ClN2O3. The Balaban J connectivity index is 0.00000160. The summed E-state index contributed by atoms with van der Waals surface area (Å²) in [4.78, 5) is 18.3. The second kappa shape index (κ2) is 10.9. The molecule has 2 aliphatic rings. The number of nitrogens with zero attached hydrogens (tertiary/aromatic N) is 2. The number of amides is 1. The predicted molar refractivity (Wildman–Crippen MR) is 122 cm³/mol. The topological polar surface area (TPSA) is 64.3 Å². The summed E-state index contributed by atoms with van der Waals surface area (Å²) in [5, 5.41) is 0. The lowest BCUT2D eigenvalue weighted by Gasteiger charge is -2.36. The van der Waals surface area contributed by atoms with Gasteiger partial charge in [-0.15, -0.1) is 12.4 Å². The van der Waals surface area contributed by atoms with Crippen LogP contribution in [0.25, 0.3) is 0 Å². The molecule has 164 valence electrons. The van der Waals surface area contributed by atoms with Gasteiger partial charge in [0.2, 0.25) is 5.91 Å². The summed E-state index contributed by atoms with van der Waals surface area (Å²) in [5.74, 6) is 0.506. The van der Waals surface area contributed by atoms with Crippen LogP contribution in [0.3, 0.4) is 0 Å². The van der Waals surface area contributed by atoms with E-state index in [-0.39, 0.29) is 29.7 Å². The van der Waals surface area contributed by atoms with Crippen molar-refractivity contribution in [3.05, 3.63) is 71.8 Å². The zero-order valence-corrected chi connectivity index (χ0v) is 18.4. The first-order valence-electron chi connectivity index (χ1n) is 10.5.